The van der Waals surface area contributed by atoms with Crippen LogP contribution in [0.25, 0.3) is 0 Å². The molecule has 28 valence electrons. The van der Waals surface area contributed by atoms with Crippen LogP contribution < -0.4 is 0 Å². The molecular formula is C2H8LiNO. The topological polar surface area (TPSA) is 23.5 Å². The zero-order valence-corrected chi connectivity index (χ0v) is 2.89. The molecule has 0 aliphatic carbocycles. The minimum atomic E-state index is 0. The Bertz CT molecular complexity index is 14.4. The molecule has 3 heteroatoms. The van der Waals surface area contributed by atoms with Crippen molar-refractivity contribution in [1.29, 1.82) is 0 Å². The molecule has 0 aliphatic heterocycles. The van der Waals surface area contributed by atoms with Crippen LogP contribution in [0.3, 0.4) is 0 Å². The molecule has 0 radical (unpaired) electrons. The second-order valence-corrected chi connectivity index (χ2v) is 0.847. The number of hydroxylamine groups is 2. The number of rotatable bonds is 0. The summed E-state index contributed by atoms with van der Waals surface area (Å²) in [5, 5.41) is 8.89. The third-order valence-corrected chi connectivity index (χ3v) is 0. The van der Waals surface area contributed by atoms with Crippen molar-refractivity contribution in [2.45, 2.75) is 0 Å². The van der Waals surface area contributed by atoms with E-state index in [4.69, 9.17) is 5.21 Å². The quantitative estimate of drug-likeness (QED) is 0.300. The second kappa shape index (κ2) is 4.52. The summed E-state index contributed by atoms with van der Waals surface area (Å²) in [7, 11) is 3.11. The molecule has 0 aromatic heterocycles. The average molecular weight is 69.0 g/mol. The van der Waals surface area contributed by atoms with E-state index in [9.17, 15) is 0 Å². The molecule has 0 aromatic rings. The predicted octanol–water partition coefficient (Wildman–Crippen LogP) is -0.711. The van der Waals surface area contributed by atoms with Crippen LogP contribution in [-0.2, 0) is 0 Å². The Morgan fingerprint density at radius 3 is 1.40 bits per heavy atom. The first-order chi connectivity index (χ1) is 1.73. The molecule has 0 aromatic carbocycles. The number of nitrogens with zero attached hydrogens (tertiary/aromatic N) is 1. The molecule has 0 unspecified atom stereocenters. The van der Waals surface area contributed by atoms with E-state index in [1.165, 1.54) is 0 Å². The van der Waals surface area contributed by atoms with Gasteiger partial charge in [0.2, 0.25) is 0 Å². The van der Waals surface area contributed by atoms with Crippen molar-refractivity contribution in [2.24, 2.45) is 0 Å². The third-order valence-electron chi connectivity index (χ3n) is 0. The summed E-state index contributed by atoms with van der Waals surface area (Å²) >= 11 is 0. The zero-order chi connectivity index (χ0) is 3.58. The van der Waals surface area contributed by atoms with Gasteiger partial charge in [0.05, 0.1) is 0 Å². The normalized spacial score (nSPS) is 7.20. The molecule has 0 spiro atoms. The van der Waals surface area contributed by atoms with E-state index >= 15 is 0 Å². The van der Waals surface area contributed by atoms with E-state index in [0.29, 0.717) is 0 Å². The van der Waals surface area contributed by atoms with E-state index in [1.807, 2.05) is 0 Å². The molecular weight excluding hydrogens is 61.0 g/mol. The van der Waals surface area contributed by atoms with Gasteiger partial charge in [-0.1, -0.05) is 0 Å². The minimum absolute atomic E-state index is 0. The van der Waals surface area contributed by atoms with Crippen LogP contribution in [0.1, 0.15) is 0 Å². The fourth-order valence-corrected chi connectivity index (χ4v) is 0. The van der Waals surface area contributed by atoms with Crippen molar-refractivity contribution in [3.05, 3.63) is 0 Å². The van der Waals surface area contributed by atoms with Gasteiger partial charge >= 0.3 is 18.9 Å². The monoisotopic (exact) mass is 69.1 g/mol. The SMILES string of the molecule is CN(C)O.[LiH]. The Hall–Kier alpha value is 0.517. The van der Waals surface area contributed by atoms with Gasteiger partial charge in [0.25, 0.3) is 0 Å². The van der Waals surface area contributed by atoms with Crippen molar-refractivity contribution >= 4 is 18.9 Å². The molecule has 0 saturated heterocycles. The molecule has 0 saturated carbocycles. The average Bonchev–Trinajstić information content (AvgIpc) is 0.811. The number of hydrogen-bond acceptors (Lipinski definition) is 2. The van der Waals surface area contributed by atoms with Crippen LogP contribution >= 0.6 is 0 Å². The van der Waals surface area contributed by atoms with Crippen LogP contribution in [0.4, 0.5) is 0 Å². The molecule has 0 fully saturated rings. The van der Waals surface area contributed by atoms with Crippen molar-refractivity contribution in [3.63, 3.8) is 0 Å². The van der Waals surface area contributed by atoms with Gasteiger partial charge in [-0.2, -0.15) is 5.06 Å². The summed E-state index contributed by atoms with van der Waals surface area (Å²) in [6.45, 7) is 0. The van der Waals surface area contributed by atoms with Crippen molar-refractivity contribution in [3.8, 4) is 0 Å². The standard InChI is InChI=1S/C2H7NO.Li.H/c1-3(2)4;;/h4H,1-2H3;;. The maximum absolute atomic E-state index is 7.89. The van der Waals surface area contributed by atoms with Crippen LogP contribution in [0.2, 0.25) is 0 Å². The maximum atomic E-state index is 7.89. The van der Waals surface area contributed by atoms with Gasteiger partial charge in [-0.05, 0) is 0 Å². The first-order valence-corrected chi connectivity index (χ1v) is 1.09. The summed E-state index contributed by atoms with van der Waals surface area (Å²) in [6, 6.07) is 0. The third kappa shape index (κ3) is 107. The summed E-state index contributed by atoms with van der Waals surface area (Å²) in [5.74, 6) is 0. The van der Waals surface area contributed by atoms with E-state index in [-0.39, 0.29) is 18.9 Å². The van der Waals surface area contributed by atoms with Gasteiger partial charge in [0, 0.05) is 14.1 Å². The van der Waals surface area contributed by atoms with E-state index in [1.54, 1.807) is 14.1 Å². The van der Waals surface area contributed by atoms with Crippen LogP contribution in [-0.4, -0.2) is 43.2 Å². The summed E-state index contributed by atoms with van der Waals surface area (Å²) in [5.41, 5.74) is 0. The number of hydrogen-bond donors (Lipinski definition) is 1. The molecule has 0 heterocycles. The van der Waals surface area contributed by atoms with Crippen molar-refractivity contribution < 1.29 is 5.21 Å². The van der Waals surface area contributed by atoms with E-state index in [2.05, 4.69) is 0 Å². The molecule has 2 nitrogen and oxygen atoms in total. The Labute approximate surface area is 43.9 Å². The van der Waals surface area contributed by atoms with E-state index in [0.717, 1.165) is 5.06 Å². The Morgan fingerprint density at radius 1 is 1.40 bits per heavy atom. The fourth-order valence-electron chi connectivity index (χ4n) is 0. The molecule has 0 atom stereocenters. The van der Waals surface area contributed by atoms with E-state index < -0.39 is 0 Å². The van der Waals surface area contributed by atoms with Gasteiger partial charge in [-0.15, -0.1) is 0 Å². The molecule has 0 aliphatic rings. The summed E-state index contributed by atoms with van der Waals surface area (Å²) < 4.78 is 0. The van der Waals surface area contributed by atoms with Crippen LogP contribution in [0, 0.1) is 0 Å². The summed E-state index contributed by atoms with van der Waals surface area (Å²) in [6.07, 6.45) is 0. The van der Waals surface area contributed by atoms with Gasteiger partial charge in [-0.3, -0.25) is 0 Å². The molecule has 0 amide bonds. The summed E-state index contributed by atoms with van der Waals surface area (Å²) in [4.78, 5) is 0. The van der Waals surface area contributed by atoms with Gasteiger partial charge < -0.3 is 5.21 Å². The van der Waals surface area contributed by atoms with Crippen LogP contribution in [0.5, 0.6) is 0 Å². The van der Waals surface area contributed by atoms with Gasteiger partial charge in [0.15, 0.2) is 0 Å². The molecule has 0 bridgehead atoms. The Kier molecular flexibility index (Phi) is 8.22. The van der Waals surface area contributed by atoms with Crippen LogP contribution in [0.15, 0.2) is 0 Å². The Morgan fingerprint density at radius 2 is 1.40 bits per heavy atom. The van der Waals surface area contributed by atoms with Crippen molar-refractivity contribution in [1.82, 2.24) is 5.06 Å². The van der Waals surface area contributed by atoms with Gasteiger partial charge in [0.1, 0.15) is 0 Å². The molecule has 1 N–H and O–H groups in total. The molecule has 0 rings (SSSR count). The van der Waals surface area contributed by atoms with Gasteiger partial charge in [-0.25, -0.2) is 0 Å². The first-order valence-electron chi connectivity index (χ1n) is 1.09. The zero-order valence-electron chi connectivity index (χ0n) is 2.89. The second-order valence-electron chi connectivity index (χ2n) is 0.847. The fraction of sp³-hybridized carbons (Fsp3) is 1.00. The van der Waals surface area contributed by atoms with Crippen molar-refractivity contribution in [2.75, 3.05) is 14.1 Å². The first kappa shape index (κ1) is 9.10. The Balaban J connectivity index is 0. The predicted molar refractivity (Wildman–Crippen MR) is 22.6 cm³/mol. The molecule has 5 heavy (non-hydrogen) atoms.